The maximum Gasteiger partial charge on any atom is 0.308 e. The number of aliphatic hydroxyl groups excluding tert-OH is 1. The van der Waals surface area contributed by atoms with E-state index >= 15 is 0 Å². The van der Waals surface area contributed by atoms with Crippen molar-refractivity contribution < 1.29 is 28.8 Å². The molecule has 0 aliphatic carbocycles. The maximum absolute atomic E-state index is 11.4. The molecule has 0 radical (unpaired) electrons. The zero-order valence-corrected chi connectivity index (χ0v) is 19.7. The van der Waals surface area contributed by atoms with Crippen LogP contribution < -0.4 is 18.9 Å². The Morgan fingerprint density at radius 1 is 0.882 bits per heavy atom. The molecule has 0 aromatic heterocycles. The lowest BCUT2D eigenvalue weighted by Gasteiger charge is -2.16. The number of hydrogen-bond donors (Lipinski definition) is 1. The van der Waals surface area contributed by atoms with E-state index in [1.54, 1.807) is 30.4 Å². The van der Waals surface area contributed by atoms with Crippen LogP contribution in [0, 0.1) is 0 Å². The van der Waals surface area contributed by atoms with Crippen LogP contribution in [-0.2, 0) is 11.4 Å². The molecule has 1 atom stereocenters. The molecule has 1 N–H and O–H groups in total. The Balaban J connectivity index is 1.85. The summed E-state index contributed by atoms with van der Waals surface area (Å²) >= 11 is 0. The number of carbonyl (C=O) groups excluding carboxylic acids is 1. The lowest BCUT2D eigenvalue weighted by molar-refractivity contribution is -0.131. The minimum absolute atomic E-state index is 0.307. The molecule has 1 unspecified atom stereocenters. The van der Waals surface area contributed by atoms with Crippen molar-refractivity contribution in [2.24, 2.45) is 0 Å². The molecule has 34 heavy (non-hydrogen) atoms. The first-order valence-corrected chi connectivity index (χ1v) is 11.2. The van der Waals surface area contributed by atoms with Gasteiger partial charge in [0.15, 0.2) is 0 Å². The molecule has 0 aliphatic heterocycles. The van der Waals surface area contributed by atoms with E-state index in [2.05, 4.69) is 0 Å². The SMILES string of the molecule is CCOc1ccc(C=CC(O)c2ccc(OC(C)=O)cc2OCc2ccccc2)c(OCC)c1. The summed E-state index contributed by atoms with van der Waals surface area (Å²) in [6.07, 6.45) is 2.50. The third-order valence-electron chi connectivity index (χ3n) is 4.86. The summed E-state index contributed by atoms with van der Waals surface area (Å²) in [5.41, 5.74) is 2.34. The summed E-state index contributed by atoms with van der Waals surface area (Å²) in [4.78, 5) is 11.4. The van der Waals surface area contributed by atoms with Crippen molar-refractivity contribution in [2.45, 2.75) is 33.5 Å². The van der Waals surface area contributed by atoms with Gasteiger partial charge in [0, 0.05) is 30.2 Å². The number of rotatable bonds is 11. The van der Waals surface area contributed by atoms with E-state index in [4.69, 9.17) is 18.9 Å². The molecule has 0 heterocycles. The fourth-order valence-corrected chi connectivity index (χ4v) is 3.34. The van der Waals surface area contributed by atoms with Gasteiger partial charge in [0.25, 0.3) is 0 Å². The van der Waals surface area contributed by atoms with Gasteiger partial charge in [-0.25, -0.2) is 0 Å². The van der Waals surface area contributed by atoms with Gasteiger partial charge in [-0.05, 0) is 43.7 Å². The third-order valence-corrected chi connectivity index (χ3v) is 4.86. The van der Waals surface area contributed by atoms with Crippen LogP contribution in [0.4, 0.5) is 0 Å². The van der Waals surface area contributed by atoms with Gasteiger partial charge in [-0.2, -0.15) is 0 Å². The van der Waals surface area contributed by atoms with Crippen LogP contribution in [0.3, 0.4) is 0 Å². The first-order valence-electron chi connectivity index (χ1n) is 11.2. The molecule has 0 aliphatic rings. The second-order valence-electron chi connectivity index (χ2n) is 7.44. The van der Waals surface area contributed by atoms with E-state index in [0.29, 0.717) is 42.6 Å². The van der Waals surface area contributed by atoms with Gasteiger partial charge < -0.3 is 24.1 Å². The van der Waals surface area contributed by atoms with Crippen molar-refractivity contribution in [2.75, 3.05) is 13.2 Å². The van der Waals surface area contributed by atoms with Gasteiger partial charge in [-0.15, -0.1) is 0 Å². The quantitative estimate of drug-likeness (QED) is 0.290. The molecular formula is C28H30O6. The molecule has 0 amide bonds. The first-order chi connectivity index (χ1) is 16.5. The monoisotopic (exact) mass is 462 g/mol. The molecule has 0 saturated carbocycles. The smallest absolute Gasteiger partial charge is 0.308 e. The molecule has 178 valence electrons. The first kappa shape index (κ1) is 24.9. The molecule has 0 saturated heterocycles. The molecular weight excluding hydrogens is 432 g/mol. The minimum atomic E-state index is -0.960. The van der Waals surface area contributed by atoms with E-state index < -0.39 is 12.1 Å². The second-order valence-corrected chi connectivity index (χ2v) is 7.44. The lowest BCUT2D eigenvalue weighted by atomic mass is 10.1. The largest absolute Gasteiger partial charge is 0.494 e. The van der Waals surface area contributed by atoms with Gasteiger partial charge in [-0.1, -0.05) is 42.5 Å². The maximum atomic E-state index is 11.4. The van der Waals surface area contributed by atoms with Crippen molar-refractivity contribution in [3.8, 4) is 23.0 Å². The van der Waals surface area contributed by atoms with Crippen LogP contribution in [-0.4, -0.2) is 24.3 Å². The van der Waals surface area contributed by atoms with Crippen LogP contribution in [0.15, 0.2) is 72.8 Å². The Labute approximate surface area is 200 Å². The van der Waals surface area contributed by atoms with E-state index in [0.717, 1.165) is 16.9 Å². The zero-order chi connectivity index (χ0) is 24.3. The van der Waals surface area contributed by atoms with Crippen molar-refractivity contribution >= 4 is 12.0 Å². The Bertz CT molecular complexity index is 1110. The van der Waals surface area contributed by atoms with Crippen LogP contribution in [0.2, 0.25) is 0 Å². The molecule has 3 aromatic rings. The average Bonchev–Trinajstić information content (AvgIpc) is 2.83. The normalized spacial score (nSPS) is 11.8. The Morgan fingerprint density at radius 2 is 1.59 bits per heavy atom. The summed E-state index contributed by atoms with van der Waals surface area (Å²) < 4.78 is 22.5. The predicted molar refractivity (Wildman–Crippen MR) is 131 cm³/mol. The standard InChI is InChI=1S/C28H30O6/c1-4-31-23-13-11-22(27(17-23)32-5-2)12-16-26(30)25-15-14-24(34-20(3)29)18-28(25)33-19-21-9-7-6-8-10-21/h6-18,26,30H,4-5,19H2,1-3H3. The lowest BCUT2D eigenvalue weighted by Crippen LogP contribution is -2.05. The Morgan fingerprint density at radius 3 is 2.29 bits per heavy atom. The third kappa shape index (κ3) is 7.12. The number of carbonyl (C=O) groups is 1. The van der Waals surface area contributed by atoms with Gasteiger partial charge in [-0.3, -0.25) is 4.79 Å². The Kier molecular flexibility index (Phi) is 9.12. The molecule has 6 heteroatoms. The predicted octanol–water partition coefficient (Wildman–Crippen LogP) is 5.74. The summed E-state index contributed by atoms with van der Waals surface area (Å²) in [5.74, 6) is 1.74. The van der Waals surface area contributed by atoms with Crippen LogP contribution in [0.1, 0.15) is 43.6 Å². The van der Waals surface area contributed by atoms with Gasteiger partial charge >= 0.3 is 5.97 Å². The van der Waals surface area contributed by atoms with E-state index in [1.807, 2.05) is 62.4 Å². The van der Waals surface area contributed by atoms with Crippen molar-refractivity contribution in [1.82, 2.24) is 0 Å². The molecule has 0 spiro atoms. The number of hydrogen-bond acceptors (Lipinski definition) is 6. The van der Waals surface area contributed by atoms with E-state index in [-0.39, 0.29) is 0 Å². The second kappa shape index (κ2) is 12.5. The summed E-state index contributed by atoms with van der Waals surface area (Å²) in [6.45, 7) is 6.55. The van der Waals surface area contributed by atoms with Gasteiger partial charge in [0.2, 0.25) is 0 Å². The zero-order valence-electron chi connectivity index (χ0n) is 19.7. The fraction of sp³-hybridized carbons (Fsp3) is 0.250. The van der Waals surface area contributed by atoms with Crippen LogP contribution in [0.25, 0.3) is 6.08 Å². The number of ether oxygens (including phenoxy) is 4. The molecule has 0 fully saturated rings. The topological polar surface area (TPSA) is 74.2 Å². The average molecular weight is 463 g/mol. The number of esters is 1. The molecule has 0 bridgehead atoms. The van der Waals surface area contributed by atoms with Gasteiger partial charge in [0.05, 0.1) is 13.2 Å². The number of benzene rings is 3. The highest BCUT2D eigenvalue weighted by Gasteiger charge is 2.14. The Hall–Kier alpha value is -3.77. The van der Waals surface area contributed by atoms with E-state index in [1.165, 1.54) is 6.92 Å². The van der Waals surface area contributed by atoms with Crippen molar-refractivity contribution in [1.29, 1.82) is 0 Å². The van der Waals surface area contributed by atoms with E-state index in [9.17, 15) is 9.90 Å². The van der Waals surface area contributed by atoms with Crippen LogP contribution in [0.5, 0.6) is 23.0 Å². The fourth-order valence-electron chi connectivity index (χ4n) is 3.34. The highest BCUT2D eigenvalue weighted by atomic mass is 16.5. The minimum Gasteiger partial charge on any atom is -0.494 e. The number of aliphatic hydroxyl groups is 1. The molecule has 3 aromatic carbocycles. The van der Waals surface area contributed by atoms with Crippen LogP contribution >= 0.6 is 0 Å². The van der Waals surface area contributed by atoms with Crippen molar-refractivity contribution in [3.05, 3.63) is 89.5 Å². The van der Waals surface area contributed by atoms with Gasteiger partial charge in [0.1, 0.15) is 35.7 Å². The summed E-state index contributed by atoms with van der Waals surface area (Å²) in [5, 5.41) is 11.0. The highest BCUT2D eigenvalue weighted by molar-refractivity contribution is 5.69. The highest BCUT2D eigenvalue weighted by Crippen LogP contribution is 2.33. The molecule has 3 rings (SSSR count). The van der Waals surface area contributed by atoms with Crippen molar-refractivity contribution in [3.63, 3.8) is 0 Å². The summed E-state index contributed by atoms with van der Waals surface area (Å²) in [6, 6.07) is 20.2. The summed E-state index contributed by atoms with van der Waals surface area (Å²) in [7, 11) is 0. The molecule has 6 nitrogen and oxygen atoms in total.